The summed E-state index contributed by atoms with van der Waals surface area (Å²) in [6, 6.07) is 3.11. The summed E-state index contributed by atoms with van der Waals surface area (Å²) in [4.78, 5) is 25.2. The number of halogens is 1. The number of nitrogens with zero attached hydrogens (tertiary/aromatic N) is 1. The number of hydrogen-bond donors (Lipinski definition) is 2. The van der Waals surface area contributed by atoms with E-state index in [0.29, 0.717) is 11.2 Å². The van der Waals surface area contributed by atoms with Crippen molar-refractivity contribution >= 4 is 27.7 Å². The van der Waals surface area contributed by atoms with E-state index in [-0.39, 0.29) is 24.8 Å². The van der Waals surface area contributed by atoms with Gasteiger partial charge in [-0.3, -0.25) is 9.59 Å². The Kier molecular flexibility index (Phi) is 5.76. The first kappa shape index (κ1) is 16.7. The van der Waals surface area contributed by atoms with Crippen LogP contribution >= 0.6 is 15.9 Å². The Balaban J connectivity index is 2.51. The van der Waals surface area contributed by atoms with Crippen molar-refractivity contribution in [2.45, 2.75) is 26.4 Å². The molecule has 0 aliphatic heterocycles. The Morgan fingerprint density at radius 2 is 2.10 bits per heavy atom. The zero-order valence-electron chi connectivity index (χ0n) is 11.8. The standard InChI is InChI=1S/C13H19BrN2O4/c1-4-16(8-13(2,3)19)11(17)7-15-12(18)9-5-6-10(14)20-9/h5-6,19H,4,7-8H2,1-3H3,(H,15,18). The third-order valence-corrected chi connectivity index (χ3v) is 2.94. The molecular weight excluding hydrogens is 328 g/mol. The molecule has 20 heavy (non-hydrogen) atoms. The maximum absolute atomic E-state index is 12.0. The third-order valence-electron chi connectivity index (χ3n) is 2.51. The molecule has 0 bridgehead atoms. The van der Waals surface area contributed by atoms with Crippen LogP contribution in [0, 0.1) is 0 Å². The summed E-state index contributed by atoms with van der Waals surface area (Å²) in [6.07, 6.45) is 0. The van der Waals surface area contributed by atoms with Gasteiger partial charge in [0, 0.05) is 13.1 Å². The van der Waals surface area contributed by atoms with Crippen molar-refractivity contribution in [3.8, 4) is 0 Å². The maximum atomic E-state index is 12.0. The number of carbonyl (C=O) groups excluding carboxylic acids is 2. The molecule has 1 aromatic heterocycles. The lowest BCUT2D eigenvalue weighted by atomic mass is 10.1. The largest absolute Gasteiger partial charge is 0.444 e. The number of amides is 2. The van der Waals surface area contributed by atoms with E-state index in [1.54, 1.807) is 19.9 Å². The Hall–Kier alpha value is -1.34. The highest BCUT2D eigenvalue weighted by Crippen LogP contribution is 2.13. The number of furan rings is 1. The van der Waals surface area contributed by atoms with Crippen molar-refractivity contribution in [1.29, 1.82) is 0 Å². The fourth-order valence-corrected chi connectivity index (χ4v) is 1.94. The highest BCUT2D eigenvalue weighted by atomic mass is 79.9. The van der Waals surface area contributed by atoms with Crippen LogP contribution in [0.3, 0.4) is 0 Å². The smallest absolute Gasteiger partial charge is 0.287 e. The zero-order chi connectivity index (χ0) is 15.3. The highest BCUT2D eigenvalue weighted by molar-refractivity contribution is 9.10. The monoisotopic (exact) mass is 346 g/mol. The molecule has 0 spiro atoms. The summed E-state index contributed by atoms with van der Waals surface area (Å²) in [6.45, 7) is 5.61. The number of carbonyl (C=O) groups is 2. The van der Waals surface area contributed by atoms with E-state index < -0.39 is 11.5 Å². The topological polar surface area (TPSA) is 82.8 Å². The van der Waals surface area contributed by atoms with E-state index in [1.807, 2.05) is 6.92 Å². The van der Waals surface area contributed by atoms with Gasteiger partial charge in [0.05, 0.1) is 12.1 Å². The molecule has 2 amide bonds. The highest BCUT2D eigenvalue weighted by Gasteiger charge is 2.21. The van der Waals surface area contributed by atoms with Crippen molar-refractivity contribution < 1.29 is 19.1 Å². The predicted octanol–water partition coefficient (Wildman–Crippen LogP) is 1.39. The minimum atomic E-state index is -0.971. The van der Waals surface area contributed by atoms with Crippen molar-refractivity contribution in [2.75, 3.05) is 19.6 Å². The molecular formula is C13H19BrN2O4. The van der Waals surface area contributed by atoms with Crippen molar-refractivity contribution in [2.24, 2.45) is 0 Å². The van der Waals surface area contributed by atoms with Crippen LogP contribution in [0.25, 0.3) is 0 Å². The number of nitrogens with one attached hydrogen (secondary N) is 1. The first-order chi connectivity index (χ1) is 9.23. The lowest BCUT2D eigenvalue weighted by Crippen LogP contribution is -2.46. The molecule has 0 aliphatic rings. The second-order valence-corrected chi connectivity index (χ2v) is 5.79. The average molecular weight is 347 g/mol. The summed E-state index contributed by atoms with van der Waals surface area (Å²) in [7, 11) is 0. The second kappa shape index (κ2) is 6.90. The van der Waals surface area contributed by atoms with Gasteiger partial charge in [-0.25, -0.2) is 0 Å². The van der Waals surface area contributed by atoms with Gasteiger partial charge in [0.25, 0.3) is 5.91 Å². The van der Waals surface area contributed by atoms with Crippen molar-refractivity contribution in [3.63, 3.8) is 0 Å². The lowest BCUT2D eigenvalue weighted by molar-refractivity contribution is -0.132. The molecule has 1 rings (SSSR count). The predicted molar refractivity (Wildman–Crippen MR) is 77.3 cm³/mol. The van der Waals surface area contributed by atoms with Gasteiger partial charge in [-0.1, -0.05) is 0 Å². The van der Waals surface area contributed by atoms with E-state index in [1.165, 1.54) is 11.0 Å². The summed E-state index contributed by atoms with van der Waals surface area (Å²) in [5, 5.41) is 12.2. The molecule has 0 radical (unpaired) electrons. The average Bonchev–Trinajstić information content (AvgIpc) is 2.78. The molecule has 1 heterocycles. The Bertz CT molecular complexity index is 479. The quantitative estimate of drug-likeness (QED) is 0.815. The Morgan fingerprint density at radius 3 is 2.55 bits per heavy atom. The molecule has 0 unspecified atom stereocenters. The minimum absolute atomic E-state index is 0.134. The number of aliphatic hydroxyl groups is 1. The van der Waals surface area contributed by atoms with Gasteiger partial charge in [0.15, 0.2) is 10.4 Å². The van der Waals surface area contributed by atoms with Gasteiger partial charge in [-0.05, 0) is 48.8 Å². The van der Waals surface area contributed by atoms with Gasteiger partial charge < -0.3 is 19.7 Å². The Labute approximate surface area is 126 Å². The van der Waals surface area contributed by atoms with E-state index in [4.69, 9.17) is 4.42 Å². The van der Waals surface area contributed by atoms with Crippen LogP contribution in [0.1, 0.15) is 31.3 Å². The lowest BCUT2D eigenvalue weighted by Gasteiger charge is -2.28. The van der Waals surface area contributed by atoms with E-state index in [0.717, 1.165) is 0 Å². The fourth-order valence-electron chi connectivity index (χ4n) is 1.63. The second-order valence-electron chi connectivity index (χ2n) is 5.01. The van der Waals surface area contributed by atoms with Crippen LogP contribution in [-0.2, 0) is 4.79 Å². The van der Waals surface area contributed by atoms with Crippen LogP contribution in [0.4, 0.5) is 0 Å². The third kappa shape index (κ3) is 5.34. The van der Waals surface area contributed by atoms with Gasteiger partial charge in [0.2, 0.25) is 5.91 Å². The number of hydrogen-bond acceptors (Lipinski definition) is 4. The van der Waals surface area contributed by atoms with Crippen molar-refractivity contribution in [3.05, 3.63) is 22.6 Å². The van der Waals surface area contributed by atoms with Gasteiger partial charge in [-0.2, -0.15) is 0 Å². The fraction of sp³-hybridized carbons (Fsp3) is 0.538. The van der Waals surface area contributed by atoms with E-state index >= 15 is 0 Å². The normalized spacial score (nSPS) is 11.2. The van der Waals surface area contributed by atoms with Crippen molar-refractivity contribution in [1.82, 2.24) is 10.2 Å². The van der Waals surface area contributed by atoms with Gasteiger partial charge in [-0.15, -0.1) is 0 Å². The summed E-state index contributed by atoms with van der Waals surface area (Å²) in [5.74, 6) is -0.577. The molecule has 0 atom stereocenters. The molecule has 112 valence electrons. The summed E-state index contributed by atoms with van der Waals surface area (Å²) >= 11 is 3.10. The van der Waals surface area contributed by atoms with Crippen LogP contribution in [-0.4, -0.2) is 47.1 Å². The van der Waals surface area contributed by atoms with E-state index in [9.17, 15) is 14.7 Å². The Morgan fingerprint density at radius 1 is 1.45 bits per heavy atom. The van der Waals surface area contributed by atoms with Crippen LogP contribution in [0.5, 0.6) is 0 Å². The first-order valence-corrected chi connectivity index (χ1v) is 7.06. The molecule has 7 heteroatoms. The van der Waals surface area contributed by atoms with Gasteiger partial charge in [0.1, 0.15) is 0 Å². The molecule has 0 saturated heterocycles. The van der Waals surface area contributed by atoms with Crippen LogP contribution in [0.15, 0.2) is 21.2 Å². The van der Waals surface area contributed by atoms with Crippen LogP contribution in [0.2, 0.25) is 0 Å². The molecule has 0 saturated carbocycles. The minimum Gasteiger partial charge on any atom is -0.444 e. The maximum Gasteiger partial charge on any atom is 0.287 e. The molecule has 0 aromatic carbocycles. The molecule has 1 aromatic rings. The van der Waals surface area contributed by atoms with Gasteiger partial charge >= 0.3 is 0 Å². The molecule has 0 fully saturated rings. The molecule has 6 nitrogen and oxygen atoms in total. The zero-order valence-corrected chi connectivity index (χ0v) is 13.4. The summed E-state index contributed by atoms with van der Waals surface area (Å²) < 4.78 is 5.53. The SMILES string of the molecule is CCN(CC(C)(C)O)C(=O)CNC(=O)c1ccc(Br)o1. The molecule has 2 N–H and O–H groups in total. The number of likely N-dealkylation sites (N-methyl/N-ethyl adjacent to an activating group) is 1. The van der Waals surface area contributed by atoms with E-state index in [2.05, 4.69) is 21.2 Å². The first-order valence-electron chi connectivity index (χ1n) is 6.26. The number of rotatable bonds is 6. The van der Waals surface area contributed by atoms with Crippen LogP contribution < -0.4 is 5.32 Å². The molecule has 0 aliphatic carbocycles. The summed E-state index contributed by atoms with van der Waals surface area (Å²) in [5.41, 5.74) is -0.971.